The standard InChI is InChI=1S/C22H20F2N4OS2/c1-13(29)22(14-5-3-2-4-6-14)28(21-26-18-9-10-25-12-19(18)30-21)27-20(31-22)16-11-15(23)7-8-17(16)24/h2-8,11,13,25,29H,9-10,12H2,1H3. The Morgan fingerprint density at radius 1 is 1.19 bits per heavy atom. The summed E-state index contributed by atoms with van der Waals surface area (Å²) in [6.45, 7) is 3.27. The number of benzene rings is 2. The van der Waals surface area contributed by atoms with Crippen molar-refractivity contribution in [3.8, 4) is 0 Å². The fraction of sp³-hybridized carbons (Fsp3) is 0.273. The molecule has 2 N–H and O–H groups in total. The summed E-state index contributed by atoms with van der Waals surface area (Å²) in [5, 5.41) is 21.7. The van der Waals surface area contributed by atoms with Gasteiger partial charge in [-0.3, -0.25) is 0 Å². The second kappa shape index (κ2) is 7.98. The summed E-state index contributed by atoms with van der Waals surface area (Å²) in [6.07, 6.45) is -0.0774. The Morgan fingerprint density at radius 3 is 2.74 bits per heavy atom. The first-order valence-electron chi connectivity index (χ1n) is 9.95. The molecule has 0 saturated carbocycles. The third kappa shape index (κ3) is 3.45. The molecule has 31 heavy (non-hydrogen) atoms. The molecular weight excluding hydrogens is 438 g/mol. The van der Waals surface area contributed by atoms with Gasteiger partial charge in [-0.15, -0.1) is 0 Å². The predicted octanol–water partition coefficient (Wildman–Crippen LogP) is 4.22. The molecule has 2 aliphatic heterocycles. The zero-order valence-electron chi connectivity index (χ0n) is 16.7. The normalized spacial score (nSPS) is 21.7. The first-order chi connectivity index (χ1) is 15.0. The molecule has 0 aliphatic carbocycles. The summed E-state index contributed by atoms with van der Waals surface area (Å²) in [6, 6.07) is 12.8. The molecule has 0 bridgehead atoms. The second-order valence-electron chi connectivity index (χ2n) is 7.47. The predicted molar refractivity (Wildman–Crippen MR) is 120 cm³/mol. The van der Waals surface area contributed by atoms with E-state index in [0.29, 0.717) is 10.2 Å². The number of thioether (sulfide) groups is 1. The van der Waals surface area contributed by atoms with Gasteiger partial charge in [0.05, 0.1) is 11.8 Å². The number of nitrogens with one attached hydrogen (secondary N) is 1. The van der Waals surface area contributed by atoms with E-state index >= 15 is 0 Å². The average molecular weight is 459 g/mol. The Labute approximate surface area is 186 Å². The van der Waals surface area contributed by atoms with Crippen LogP contribution in [-0.2, 0) is 17.8 Å². The maximum Gasteiger partial charge on any atom is 0.208 e. The van der Waals surface area contributed by atoms with Crippen molar-refractivity contribution in [1.29, 1.82) is 0 Å². The van der Waals surface area contributed by atoms with Crippen LogP contribution in [-0.4, -0.2) is 27.8 Å². The van der Waals surface area contributed by atoms with Crippen molar-refractivity contribution in [3.05, 3.63) is 81.9 Å². The van der Waals surface area contributed by atoms with Crippen LogP contribution in [0, 0.1) is 11.6 Å². The third-order valence-electron chi connectivity index (χ3n) is 5.44. The molecule has 160 valence electrons. The molecule has 1 aromatic heterocycles. The number of halogens is 2. The van der Waals surface area contributed by atoms with Gasteiger partial charge < -0.3 is 10.4 Å². The maximum absolute atomic E-state index is 14.6. The first-order valence-corrected chi connectivity index (χ1v) is 11.6. The lowest BCUT2D eigenvalue weighted by Crippen LogP contribution is -2.46. The number of rotatable bonds is 4. The van der Waals surface area contributed by atoms with Crippen molar-refractivity contribution in [2.45, 2.75) is 30.9 Å². The lowest BCUT2D eigenvalue weighted by molar-refractivity contribution is 0.144. The summed E-state index contributed by atoms with van der Waals surface area (Å²) in [5.41, 5.74) is 1.88. The van der Waals surface area contributed by atoms with E-state index in [-0.39, 0.29) is 5.56 Å². The third-order valence-corrected chi connectivity index (χ3v) is 8.07. The van der Waals surface area contributed by atoms with E-state index in [9.17, 15) is 13.9 Å². The molecule has 0 fully saturated rings. The van der Waals surface area contributed by atoms with Gasteiger partial charge in [-0.25, -0.2) is 18.8 Å². The zero-order chi connectivity index (χ0) is 21.6. The van der Waals surface area contributed by atoms with E-state index in [0.717, 1.165) is 53.8 Å². The number of aliphatic hydroxyl groups excluding tert-OH is 1. The van der Waals surface area contributed by atoms with Crippen LogP contribution in [0.4, 0.5) is 13.9 Å². The van der Waals surface area contributed by atoms with Gasteiger partial charge in [0, 0.05) is 30.0 Å². The fourth-order valence-electron chi connectivity index (χ4n) is 3.90. The Bertz CT molecular complexity index is 1130. The summed E-state index contributed by atoms with van der Waals surface area (Å²) >= 11 is 2.72. The molecule has 2 atom stereocenters. The van der Waals surface area contributed by atoms with Gasteiger partial charge in [0.15, 0.2) is 4.87 Å². The lowest BCUT2D eigenvalue weighted by Gasteiger charge is -2.38. The summed E-state index contributed by atoms with van der Waals surface area (Å²) in [4.78, 5) is 4.87. The average Bonchev–Trinajstić information content (AvgIpc) is 3.38. The van der Waals surface area contributed by atoms with Crippen molar-refractivity contribution < 1.29 is 13.9 Å². The Balaban J connectivity index is 1.69. The van der Waals surface area contributed by atoms with Crippen molar-refractivity contribution >= 4 is 33.3 Å². The van der Waals surface area contributed by atoms with Crippen LogP contribution in [0.3, 0.4) is 0 Å². The van der Waals surface area contributed by atoms with Gasteiger partial charge in [-0.05, 0) is 30.7 Å². The molecule has 0 amide bonds. The molecule has 2 aromatic carbocycles. The number of hydrazone groups is 1. The quantitative estimate of drug-likeness (QED) is 0.613. The minimum atomic E-state index is -1.07. The summed E-state index contributed by atoms with van der Waals surface area (Å²) in [7, 11) is 0. The second-order valence-corrected chi connectivity index (χ2v) is 9.75. The largest absolute Gasteiger partial charge is 0.390 e. The van der Waals surface area contributed by atoms with Crippen LogP contribution in [0.5, 0.6) is 0 Å². The number of thiazole rings is 1. The van der Waals surface area contributed by atoms with Crippen molar-refractivity contribution in [2.75, 3.05) is 11.6 Å². The number of hydrogen-bond acceptors (Lipinski definition) is 7. The van der Waals surface area contributed by atoms with Crippen LogP contribution >= 0.6 is 23.1 Å². The van der Waals surface area contributed by atoms with E-state index in [1.165, 1.54) is 23.1 Å². The van der Waals surface area contributed by atoms with Crippen LogP contribution in [0.2, 0.25) is 0 Å². The zero-order valence-corrected chi connectivity index (χ0v) is 18.3. The van der Waals surface area contributed by atoms with Crippen LogP contribution < -0.4 is 10.3 Å². The Kier molecular flexibility index (Phi) is 5.29. The molecule has 3 heterocycles. The topological polar surface area (TPSA) is 60.8 Å². The highest BCUT2D eigenvalue weighted by atomic mass is 32.2. The molecule has 0 radical (unpaired) electrons. The van der Waals surface area contributed by atoms with E-state index in [1.807, 2.05) is 30.3 Å². The fourth-order valence-corrected chi connectivity index (χ4v) is 6.36. The molecule has 2 aliphatic rings. The van der Waals surface area contributed by atoms with Crippen LogP contribution in [0.15, 0.2) is 53.6 Å². The molecule has 9 heteroatoms. The summed E-state index contributed by atoms with van der Waals surface area (Å²) in [5.74, 6) is -1.11. The number of fused-ring (bicyclic) bond motifs is 1. The van der Waals surface area contributed by atoms with Crippen LogP contribution in [0.25, 0.3) is 0 Å². The minimum Gasteiger partial charge on any atom is -0.390 e. The molecule has 0 spiro atoms. The molecule has 3 aromatic rings. The van der Waals surface area contributed by atoms with Crippen molar-refractivity contribution in [1.82, 2.24) is 10.3 Å². The molecule has 2 unspecified atom stereocenters. The van der Waals surface area contributed by atoms with Gasteiger partial charge in [0.1, 0.15) is 16.7 Å². The number of aliphatic hydroxyl groups is 1. The molecule has 5 rings (SSSR count). The van der Waals surface area contributed by atoms with Gasteiger partial charge in [0.2, 0.25) is 5.13 Å². The lowest BCUT2D eigenvalue weighted by atomic mass is 10.0. The van der Waals surface area contributed by atoms with E-state index in [1.54, 1.807) is 11.9 Å². The number of hydrogen-bond donors (Lipinski definition) is 2. The van der Waals surface area contributed by atoms with Crippen molar-refractivity contribution in [2.24, 2.45) is 5.10 Å². The maximum atomic E-state index is 14.6. The van der Waals surface area contributed by atoms with Gasteiger partial charge in [-0.1, -0.05) is 53.4 Å². The Hall–Kier alpha value is -2.33. The van der Waals surface area contributed by atoms with Gasteiger partial charge in [0.25, 0.3) is 0 Å². The number of nitrogens with zero attached hydrogens (tertiary/aromatic N) is 3. The SMILES string of the molecule is CC(O)C1(c2ccccc2)SC(c2cc(F)ccc2F)=NN1c1nc2c(s1)CNCC2. The minimum absolute atomic E-state index is 0.0662. The Morgan fingerprint density at radius 2 is 2.00 bits per heavy atom. The molecular formula is C22H20F2N4OS2. The summed E-state index contributed by atoms with van der Waals surface area (Å²) < 4.78 is 28.6. The first kappa shape index (κ1) is 20.6. The smallest absolute Gasteiger partial charge is 0.208 e. The highest BCUT2D eigenvalue weighted by Gasteiger charge is 2.52. The number of aromatic nitrogens is 1. The molecule has 0 saturated heterocycles. The van der Waals surface area contributed by atoms with Gasteiger partial charge >= 0.3 is 0 Å². The van der Waals surface area contributed by atoms with Crippen molar-refractivity contribution in [3.63, 3.8) is 0 Å². The van der Waals surface area contributed by atoms with Gasteiger partial charge in [-0.2, -0.15) is 5.10 Å². The molecule has 5 nitrogen and oxygen atoms in total. The number of anilines is 1. The van der Waals surface area contributed by atoms with E-state index in [4.69, 9.17) is 10.1 Å². The van der Waals surface area contributed by atoms with E-state index in [2.05, 4.69) is 5.32 Å². The highest BCUT2D eigenvalue weighted by molar-refractivity contribution is 8.15. The van der Waals surface area contributed by atoms with E-state index < -0.39 is 22.6 Å². The highest BCUT2D eigenvalue weighted by Crippen LogP contribution is 2.52. The van der Waals surface area contributed by atoms with Crippen LogP contribution in [0.1, 0.15) is 28.6 Å². The monoisotopic (exact) mass is 458 g/mol.